The second kappa shape index (κ2) is 147. The standard InChI is InChI=1S/C24H39N3O10.C21H31N3O9.CH2O.14CH4.I4.2I3.2I2.2HI/c1-5-21(29)25-17-34-12-10-32-14-24(8-9-28,15-33-11-13-35-18-26-22(30)6-2)16-36-20(4)37-19-27-23(31)7-3;1-6-19(25)22-13-29-10-9-28-11-18(33-17(5)32-15-24-21(27)8-3)12-30-16(4)31-14-23-20(26)7-2;1-2;;;;;;;;;;;;;;;1-4(2)3;2*1-3-2;2*1-2;;/h5-7,28H,1-4,8-19H2,(H,25,29)(H,26,30)(H,27,31);6-8,18H,1-5,9-15H2,(H,22,25)(H,23,26)(H,24,27);1H2;14*1H4;;;;;;2*1H/q;;;;;;;;;;;;;;;;;;2*-1;;;;. The van der Waals surface area contributed by atoms with Gasteiger partial charge in [0, 0.05) is 81.1 Å². The average Bonchev–Trinajstić information content (AvgIpc) is 0.872. The number of carbonyl (C=O) groups is 7. The summed E-state index contributed by atoms with van der Waals surface area (Å²) in [6.45, 7) is 33.6. The van der Waals surface area contributed by atoms with Crippen molar-refractivity contribution in [3.63, 3.8) is 0 Å². The fourth-order valence-electron chi connectivity index (χ4n) is 4.14. The normalized spacial score (nSPS) is 8.29. The van der Waals surface area contributed by atoms with Crippen molar-refractivity contribution in [1.29, 1.82) is 0 Å². The molecule has 6 amide bonds. The zero-order chi connectivity index (χ0) is 67.7. The second-order valence-corrected chi connectivity index (χ2v) is 94.6. The van der Waals surface area contributed by atoms with Crippen molar-refractivity contribution in [1.82, 2.24) is 31.9 Å². The molecule has 0 aromatic heterocycles. The van der Waals surface area contributed by atoms with Crippen LogP contribution >= 0.6 is 261 Å². The second-order valence-electron chi connectivity index (χ2n) is 13.4. The SMILES string of the molecule is C.C.C.C.C.C.C.C.C.C.C.C.C.C.C=CC(=O)NCOCCOCC(CCO)(COCCOCNC(=O)C=C)COC(=C)OCNC(=O)C=C.C=CC(=O)NCOCCOCC(COC(=C)OCNC(=O)C=C)OC(=C)OCNC(=O)C=C.C=O.I.I.II.II.II(I)I.I[I-]I.I[I-]I. The van der Waals surface area contributed by atoms with E-state index in [4.69, 9.17) is 61.6 Å². The van der Waals surface area contributed by atoms with Crippen LogP contribution in [0, 0.1) is 5.41 Å². The zero-order valence-corrected chi connectivity index (χ0v) is 81.7. The van der Waals surface area contributed by atoms with Crippen LogP contribution in [0.1, 0.15) is 110 Å². The monoisotopic (exact) mass is 3290 g/mol. The molecule has 0 aromatic carbocycles. The van der Waals surface area contributed by atoms with E-state index < -0.39 is 29.2 Å². The first-order valence-corrected chi connectivity index (χ1v) is 79.1. The van der Waals surface area contributed by atoms with E-state index >= 15 is 0 Å². The molecule has 42 heteroatoms. The maximum atomic E-state index is 11.2. The van der Waals surface area contributed by atoms with Crippen molar-refractivity contribution >= 4 is 303 Å². The third-order valence-electron chi connectivity index (χ3n) is 7.74. The van der Waals surface area contributed by atoms with Gasteiger partial charge in [-0.15, -0.1) is 48.0 Å². The van der Waals surface area contributed by atoms with Crippen molar-refractivity contribution in [3.8, 4) is 0 Å². The van der Waals surface area contributed by atoms with E-state index in [1.807, 2.05) is 6.79 Å². The first kappa shape index (κ1) is 174. The summed E-state index contributed by atoms with van der Waals surface area (Å²) >= 11 is 26.5. The fourth-order valence-corrected chi connectivity index (χ4v) is 4.14. The molecular weight excluding hydrogens is 3160 g/mol. The number of nitrogens with one attached hydrogen (secondary N) is 6. The summed E-state index contributed by atoms with van der Waals surface area (Å²) in [6, 6.07) is 0. The van der Waals surface area contributed by atoms with E-state index in [1.54, 1.807) is 0 Å². The number of aliphatic hydroxyl groups is 1. The summed E-state index contributed by atoms with van der Waals surface area (Å²) in [4.78, 5) is 74.6. The summed E-state index contributed by atoms with van der Waals surface area (Å²) in [5.41, 5.74) is -0.792. The summed E-state index contributed by atoms with van der Waals surface area (Å²) < 4.78 is 64.6. The van der Waals surface area contributed by atoms with Gasteiger partial charge >= 0.3 is 165 Å². The third-order valence-corrected chi connectivity index (χ3v) is 7.74. The number of carbonyl (C=O) groups excluding carboxylic acids is 7. The van der Waals surface area contributed by atoms with E-state index in [2.05, 4.69) is 296 Å². The number of hydrogen-bond donors (Lipinski definition) is 7. The summed E-state index contributed by atoms with van der Waals surface area (Å²) in [7, 11) is -0.353. The molecule has 0 saturated heterocycles. The molecular formula is C60H130I16N6O20-2. The van der Waals surface area contributed by atoms with Gasteiger partial charge in [-0.1, -0.05) is 143 Å². The van der Waals surface area contributed by atoms with Gasteiger partial charge in [-0.05, 0) is 62.6 Å². The Bertz CT molecular complexity index is 1790. The summed E-state index contributed by atoms with van der Waals surface area (Å²) in [5, 5.41) is 24.3. The van der Waals surface area contributed by atoms with Crippen LogP contribution in [0.2, 0.25) is 0 Å². The molecule has 0 aliphatic heterocycles. The number of aliphatic hydroxyl groups excluding tert-OH is 1. The first-order chi connectivity index (χ1) is 41.2. The van der Waals surface area contributed by atoms with E-state index in [0.29, 0.717) is 26.5 Å². The molecule has 1 atom stereocenters. The van der Waals surface area contributed by atoms with E-state index in [1.165, 1.54) is 0 Å². The quantitative estimate of drug-likeness (QED) is 0.00979. The number of halogens is 16. The van der Waals surface area contributed by atoms with E-state index in [-0.39, 0.29) is 321 Å². The molecule has 0 rings (SSSR count). The van der Waals surface area contributed by atoms with Crippen LogP contribution in [0.5, 0.6) is 0 Å². The predicted octanol–water partition coefficient (Wildman–Crippen LogP) is 14.5. The molecule has 7 N–H and O–H groups in total. The van der Waals surface area contributed by atoms with Gasteiger partial charge in [0.15, 0.2) is 26.3 Å². The Morgan fingerprint density at radius 3 is 0.873 bits per heavy atom. The van der Waals surface area contributed by atoms with Gasteiger partial charge in [0.05, 0.1) is 64.9 Å². The number of hydrogen-bond acceptors (Lipinski definition) is 20. The Labute approximate surface area is 797 Å². The van der Waals surface area contributed by atoms with Gasteiger partial charge in [-0.25, -0.2) is 0 Å². The van der Waals surface area contributed by atoms with Crippen molar-refractivity contribution in [2.24, 2.45) is 5.41 Å². The molecule has 26 nitrogen and oxygen atoms in total. The van der Waals surface area contributed by atoms with Crippen LogP contribution < -0.4 is 58.4 Å². The van der Waals surface area contributed by atoms with Crippen molar-refractivity contribution in [2.75, 3.05) is 120 Å². The fraction of sp³-hybridized carbons (Fsp3) is 0.583. The predicted molar refractivity (Wildman–Crippen MR) is 552 cm³/mol. The van der Waals surface area contributed by atoms with Crippen molar-refractivity contribution in [3.05, 3.63) is 114 Å². The molecule has 102 heavy (non-hydrogen) atoms. The summed E-state index contributed by atoms with van der Waals surface area (Å²) in [6.07, 6.45) is 6.25. The van der Waals surface area contributed by atoms with Gasteiger partial charge in [-0.2, -0.15) is 0 Å². The average molecular weight is 3290 g/mol. The van der Waals surface area contributed by atoms with Crippen LogP contribution in [0.15, 0.2) is 114 Å². The molecule has 0 fully saturated rings. The first-order valence-electron chi connectivity index (χ1n) is 22.6. The van der Waals surface area contributed by atoms with Gasteiger partial charge in [-0.3, -0.25) is 28.8 Å². The molecule has 0 aromatic rings. The van der Waals surface area contributed by atoms with E-state index in [9.17, 15) is 33.9 Å². The maximum absolute atomic E-state index is 11.2. The Morgan fingerprint density at radius 1 is 0.392 bits per heavy atom. The summed E-state index contributed by atoms with van der Waals surface area (Å²) in [5.74, 6) is -2.52. The molecule has 0 aliphatic carbocycles. The number of amides is 6. The van der Waals surface area contributed by atoms with Crippen LogP contribution in [0.4, 0.5) is 0 Å². The van der Waals surface area contributed by atoms with E-state index in [0.717, 1.165) is 36.5 Å². The molecule has 1 unspecified atom stereocenters. The van der Waals surface area contributed by atoms with Crippen LogP contribution in [0.25, 0.3) is 0 Å². The van der Waals surface area contributed by atoms with Gasteiger partial charge in [0.1, 0.15) is 40.2 Å². The van der Waals surface area contributed by atoms with Crippen LogP contribution in [-0.4, -0.2) is 173 Å². The minimum atomic E-state index is -0.792. The number of ether oxygens (including phenoxy) is 12. The zero-order valence-electron chi connectivity index (χ0n) is 46.9. The van der Waals surface area contributed by atoms with Gasteiger partial charge in [0.25, 0.3) is 17.8 Å². The van der Waals surface area contributed by atoms with Crippen LogP contribution in [-0.2, 0) is 90.4 Å². The minimum absolute atomic E-state index is 0. The number of rotatable bonds is 46. The topological polar surface area (TPSA) is 323 Å². The Balaban J connectivity index is -0.0000000397. The van der Waals surface area contributed by atoms with Crippen LogP contribution in [0.3, 0.4) is 0 Å². The molecule has 0 bridgehead atoms. The van der Waals surface area contributed by atoms with Crippen molar-refractivity contribution in [2.45, 2.75) is 116 Å². The molecule has 0 spiro atoms. The molecule has 634 valence electrons. The molecule has 0 saturated carbocycles. The Morgan fingerprint density at radius 2 is 0.618 bits per heavy atom. The molecule has 0 aliphatic rings. The van der Waals surface area contributed by atoms with Gasteiger partial charge < -0.3 is 98.6 Å². The Hall–Kier alpha value is 4.35. The van der Waals surface area contributed by atoms with Gasteiger partial charge in [0.2, 0.25) is 35.4 Å². The van der Waals surface area contributed by atoms with Crippen molar-refractivity contribution < 1.29 is 122 Å². The molecule has 0 radical (unpaired) electrons. The third kappa shape index (κ3) is 153. The Kier molecular flexibility index (Phi) is 251. The molecule has 0 heterocycles.